The fourth-order valence-corrected chi connectivity index (χ4v) is 2.39. The Kier molecular flexibility index (Phi) is 4.39. The summed E-state index contributed by atoms with van der Waals surface area (Å²) in [6.07, 6.45) is 1.73. The van der Waals surface area contributed by atoms with Crippen LogP contribution in [0.4, 0.5) is 0 Å². The molecule has 0 unspecified atom stereocenters. The van der Waals surface area contributed by atoms with Crippen molar-refractivity contribution in [2.24, 2.45) is 16.8 Å². The number of oxime groups is 1. The van der Waals surface area contributed by atoms with Crippen LogP contribution in [0.25, 0.3) is 0 Å². The fourth-order valence-electron chi connectivity index (χ4n) is 2.39. The van der Waals surface area contributed by atoms with Crippen molar-refractivity contribution in [2.75, 3.05) is 6.54 Å². The van der Waals surface area contributed by atoms with Gasteiger partial charge in [0.2, 0.25) is 0 Å². The maximum Gasteiger partial charge on any atom is 0.170 e. The number of nitrogens with zero attached hydrogens (tertiary/aromatic N) is 1. The third-order valence-electron chi connectivity index (χ3n) is 3.71. The van der Waals surface area contributed by atoms with Gasteiger partial charge in [-0.2, -0.15) is 0 Å². The van der Waals surface area contributed by atoms with Crippen LogP contribution in [0.3, 0.4) is 0 Å². The first-order chi connectivity index (χ1) is 9.10. The zero-order valence-corrected chi connectivity index (χ0v) is 11.1. The maximum absolute atomic E-state index is 9.21. The lowest BCUT2D eigenvalue weighted by Gasteiger charge is -2.31. The molecule has 0 aromatic heterocycles. The average molecular weight is 263 g/mol. The largest absolute Gasteiger partial charge is 0.409 e. The summed E-state index contributed by atoms with van der Waals surface area (Å²) in [6, 6.07) is 5.76. The van der Waals surface area contributed by atoms with Gasteiger partial charge in [0, 0.05) is 12.1 Å². The highest BCUT2D eigenvalue weighted by Crippen LogP contribution is 2.26. The molecule has 104 valence electrons. The standard InChI is InChI=1S/C14H21N3O2/c1-9-4-11(14(15)17-19)2-3-12(9)8-16-7-10-5-13(18)6-10/h2-4,10,13,16,18-19H,5-8H2,1H3,(H2,15,17). The van der Waals surface area contributed by atoms with Crippen molar-refractivity contribution >= 4 is 5.84 Å². The fraction of sp³-hybridized carbons (Fsp3) is 0.500. The highest BCUT2D eigenvalue weighted by molar-refractivity contribution is 5.97. The summed E-state index contributed by atoms with van der Waals surface area (Å²) >= 11 is 0. The van der Waals surface area contributed by atoms with E-state index in [9.17, 15) is 5.11 Å². The van der Waals surface area contributed by atoms with Gasteiger partial charge in [0.25, 0.3) is 0 Å². The Morgan fingerprint density at radius 2 is 2.21 bits per heavy atom. The first-order valence-corrected chi connectivity index (χ1v) is 6.56. The van der Waals surface area contributed by atoms with E-state index in [1.54, 1.807) is 0 Å². The molecule has 0 atom stereocenters. The van der Waals surface area contributed by atoms with Crippen molar-refractivity contribution in [3.05, 3.63) is 34.9 Å². The van der Waals surface area contributed by atoms with Crippen LogP contribution < -0.4 is 11.1 Å². The maximum atomic E-state index is 9.21. The first-order valence-electron chi connectivity index (χ1n) is 6.56. The van der Waals surface area contributed by atoms with E-state index >= 15 is 0 Å². The van der Waals surface area contributed by atoms with Gasteiger partial charge in [0.05, 0.1) is 6.10 Å². The molecule has 1 fully saturated rings. The van der Waals surface area contributed by atoms with Crippen LogP contribution in [0.1, 0.15) is 29.5 Å². The predicted molar refractivity (Wildman–Crippen MR) is 74.1 cm³/mol. The molecule has 1 aliphatic rings. The minimum absolute atomic E-state index is 0.0893. The van der Waals surface area contributed by atoms with E-state index in [4.69, 9.17) is 10.9 Å². The Balaban J connectivity index is 1.87. The van der Waals surface area contributed by atoms with E-state index in [2.05, 4.69) is 10.5 Å². The van der Waals surface area contributed by atoms with Gasteiger partial charge in [0.1, 0.15) is 0 Å². The number of benzene rings is 1. The average Bonchev–Trinajstić information content (AvgIpc) is 2.37. The zero-order chi connectivity index (χ0) is 13.8. The molecule has 0 amide bonds. The number of hydrogen-bond donors (Lipinski definition) is 4. The van der Waals surface area contributed by atoms with Crippen LogP contribution in [-0.2, 0) is 6.54 Å². The molecule has 0 bridgehead atoms. The number of hydrogen-bond acceptors (Lipinski definition) is 4. The Morgan fingerprint density at radius 1 is 1.47 bits per heavy atom. The SMILES string of the molecule is Cc1cc(/C(N)=N/O)ccc1CNCC1CC(O)C1. The molecule has 0 radical (unpaired) electrons. The highest BCUT2D eigenvalue weighted by atomic mass is 16.4. The van der Waals surface area contributed by atoms with Crippen molar-refractivity contribution in [2.45, 2.75) is 32.4 Å². The minimum Gasteiger partial charge on any atom is -0.409 e. The van der Waals surface area contributed by atoms with E-state index in [-0.39, 0.29) is 11.9 Å². The molecule has 19 heavy (non-hydrogen) atoms. The van der Waals surface area contributed by atoms with Crippen LogP contribution >= 0.6 is 0 Å². The minimum atomic E-state index is -0.0893. The Bertz CT molecular complexity index is 468. The van der Waals surface area contributed by atoms with Crippen LogP contribution in [0.2, 0.25) is 0 Å². The van der Waals surface area contributed by atoms with Crippen molar-refractivity contribution in [1.82, 2.24) is 5.32 Å². The van der Waals surface area contributed by atoms with Gasteiger partial charge < -0.3 is 21.4 Å². The molecule has 5 N–H and O–H groups in total. The van der Waals surface area contributed by atoms with Gasteiger partial charge in [-0.1, -0.05) is 17.3 Å². The van der Waals surface area contributed by atoms with E-state index in [0.717, 1.165) is 37.1 Å². The summed E-state index contributed by atoms with van der Waals surface area (Å²) in [5.41, 5.74) is 8.60. The summed E-state index contributed by atoms with van der Waals surface area (Å²) in [6.45, 7) is 3.76. The number of nitrogens with one attached hydrogen (secondary N) is 1. The molecule has 2 rings (SSSR count). The van der Waals surface area contributed by atoms with Gasteiger partial charge >= 0.3 is 0 Å². The van der Waals surface area contributed by atoms with Crippen LogP contribution in [0.5, 0.6) is 0 Å². The number of rotatable bonds is 5. The zero-order valence-electron chi connectivity index (χ0n) is 11.1. The Morgan fingerprint density at radius 3 is 2.79 bits per heavy atom. The van der Waals surface area contributed by atoms with Gasteiger partial charge in [0.15, 0.2) is 5.84 Å². The third-order valence-corrected chi connectivity index (χ3v) is 3.71. The summed E-state index contributed by atoms with van der Waals surface area (Å²) in [5, 5.41) is 24.3. The van der Waals surface area contributed by atoms with Crippen molar-refractivity contribution in [3.8, 4) is 0 Å². The lowest BCUT2D eigenvalue weighted by atomic mass is 9.82. The number of aliphatic hydroxyl groups is 1. The molecule has 1 aromatic carbocycles. The third kappa shape index (κ3) is 3.45. The summed E-state index contributed by atoms with van der Waals surface area (Å²) in [4.78, 5) is 0. The quantitative estimate of drug-likeness (QED) is 0.275. The molecule has 0 aliphatic heterocycles. The monoisotopic (exact) mass is 263 g/mol. The van der Waals surface area contributed by atoms with Gasteiger partial charge in [-0.3, -0.25) is 0 Å². The summed E-state index contributed by atoms with van der Waals surface area (Å²) in [7, 11) is 0. The van der Waals surface area contributed by atoms with Gasteiger partial charge in [-0.05, 0) is 49.4 Å². The Labute approximate surface area is 113 Å². The van der Waals surface area contributed by atoms with Crippen LogP contribution in [0, 0.1) is 12.8 Å². The predicted octanol–water partition coefficient (Wildman–Crippen LogP) is 0.950. The lowest BCUT2D eigenvalue weighted by Crippen LogP contribution is -2.36. The smallest absolute Gasteiger partial charge is 0.170 e. The topological polar surface area (TPSA) is 90.9 Å². The van der Waals surface area contributed by atoms with Gasteiger partial charge in [-0.25, -0.2) is 0 Å². The molecule has 0 spiro atoms. The Hall–Kier alpha value is -1.59. The normalized spacial score (nSPS) is 23.2. The molecule has 1 saturated carbocycles. The van der Waals surface area contributed by atoms with Crippen LogP contribution in [-0.4, -0.2) is 28.8 Å². The molecule has 0 heterocycles. The van der Waals surface area contributed by atoms with Gasteiger partial charge in [-0.15, -0.1) is 0 Å². The van der Waals surface area contributed by atoms with E-state index in [1.165, 1.54) is 5.56 Å². The van der Waals surface area contributed by atoms with Crippen molar-refractivity contribution in [1.29, 1.82) is 0 Å². The summed E-state index contributed by atoms with van der Waals surface area (Å²) in [5.74, 6) is 0.734. The molecular formula is C14H21N3O2. The molecule has 1 aromatic rings. The number of aliphatic hydroxyl groups excluding tert-OH is 1. The van der Waals surface area contributed by atoms with Crippen molar-refractivity contribution < 1.29 is 10.3 Å². The number of amidine groups is 1. The summed E-state index contributed by atoms with van der Waals surface area (Å²) < 4.78 is 0. The second-order valence-electron chi connectivity index (χ2n) is 5.25. The highest BCUT2D eigenvalue weighted by Gasteiger charge is 2.26. The lowest BCUT2D eigenvalue weighted by molar-refractivity contribution is 0.0429. The molecular weight excluding hydrogens is 242 g/mol. The van der Waals surface area contributed by atoms with E-state index in [1.807, 2.05) is 25.1 Å². The molecule has 0 saturated heterocycles. The second kappa shape index (κ2) is 6.04. The van der Waals surface area contributed by atoms with Crippen molar-refractivity contribution in [3.63, 3.8) is 0 Å². The van der Waals surface area contributed by atoms with E-state index in [0.29, 0.717) is 5.92 Å². The second-order valence-corrected chi connectivity index (χ2v) is 5.25. The first kappa shape index (κ1) is 13.8. The van der Waals surface area contributed by atoms with Crippen LogP contribution in [0.15, 0.2) is 23.4 Å². The number of nitrogens with two attached hydrogens (primary N) is 1. The molecule has 5 heteroatoms. The molecule has 1 aliphatic carbocycles. The molecule has 5 nitrogen and oxygen atoms in total. The van der Waals surface area contributed by atoms with E-state index < -0.39 is 0 Å². The number of aryl methyl sites for hydroxylation is 1.